The van der Waals surface area contributed by atoms with Gasteiger partial charge in [-0.15, -0.1) is 0 Å². The van der Waals surface area contributed by atoms with Gasteiger partial charge in [0.15, 0.2) is 0 Å². The first kappa shape index (κ1) is 20.0. The molecule has 0 unspecified atom stereocenters. The van der Waals surface area contributed by atoms with Crippen molar-refractivity contribution < 1.29 is 19.1 Å². The lowest BCUT2D eigenvalue weighted by Gasteiger charge is -2.16. The molecule has 0 heterocycles. The van der Waals surface area contributed by atoms with Crippen LogP contribution < -0.4 is 4.74 Å². The number of carbonyl (C=O) groups is 2. The third-order valence-electron chi connectivity index (χ3n) is 3.79. The van der Waals surface area contributed by atoms with Gasteiger partial charge in [-0.3, -0.25) is 9.59 Å². The molecule has 1 aromatic rings. The molecule has 0 radical (unpaired) electrons. The van der Waals surface area contributed by atoms with Crippen LogP contribution in [0.25, 0.3) is 0 Å². The Balaban J connectivity index is 2.29. The van der Waals surface area contributed by atoms with Crippen molar-refractivity contribution in [2.75, 3.05) is 27.3 Å². The smallest absolute Gasteiger partial charge is 0.325 e. The predicted octanol–water partition coefficient (Wildman–Crippen LogP) is 3.67. The van der Waals surface area contributed by atoms with Crippen LogP contribution in [0.1, 0.15) is 55.8 Å². The molecule has 0 fully saturated rings. The zero-order chi connectivity index (χ0) is 17.8. The minimum absolute atomic E-state index is 0.0497. The van der Waals surface area contributed by atoms with Gasteiger partial charge < -0.3 is 14.4 Å². The van der Waals surface area contributed by atoms with E-state index in [9.17, 15) is 9.59 Å². The maximum atomic E-state index is 12.3. The lowest BCUT2D eigenvalue weighted by molar-refractivity contribution is -0.144. The molecular formula is C19H29NO4. The Kier molecular flexibility index (Phi) is 9.58. The van der Waals surface area contributed by atoms with E-state index in [2.05, 4.69) is 6.92 Å². The number of rotatable bonds is 11. The Morgan fingerprint density at radius 3 is 2.50 bits per heavy atom. The molecule has 1 rings (SSSR count). The summed E-state index contributed by atoms with van der Waals surface area (Å²) in [6.45, 7) is 2.56. The molecule has 0 aliphatic heterocycles. The summed E-state index contributed by atoms with van der Waals surface area (Å²) < 4.78 is 10.3. The largest absolute Gasteiger partial charge is 0.497 e. The molecule has 24 heavy (non-hydrogen) atoms. The van der Waals surface area contributed by atoms with Gasteiger partial charge in [-0.25, -0.2) is 0 Å². The second-order valence-corrected chi connectivity index (χ2v) is 5.88. The van der Waals surface area contributed by atoms with Gasteiger partial charge in [0, 0.05) is 12.6 Å². The zero-order valence-corrected chi connectivity index (χ0v) is 15.0. The van der Waals surface area contributed by atoms with Crippen molar-refractivity contribution in [3.8, 4) is 5.75 Å². The Bertz CT molecular complexity index is 516. The molecule has 0 saturated carbocycles. The fraction of sp³-hybridized carbons (Fsp3) is 0.579. The highest BCUT2D eigenvalue weighted by Crippen LogP contribution is 2.14. The highest BCUT2D eigenvalue weighted by Gasteiger charge is 2.16. The molecular weight excluding hydrogens is 306 g/mol. The molecule has 0 aliphatic rings. The average Bonchev–Trinajstić information content (AvgIpc) is 2.60. The number of benzene rings is 1. The van der Waals surface area contributed by atoms with Gasteiger partial charge in [0.05, 0.1) is 13.7 Å². The Morgan fingerprint density at radius 1 is 1.08 bits per heavy atom. The van der Waals surface area contributed by atoms with E-state index in [-0.39, 0.29) is 18.4 Å². The summed E-state index contributed by atoms with van der Waals surface area (Å²) in [6.07, 6.45) is 6.86. The van der Waals surface area contributed by atoms with Gasteiger partial charge in [0.2, 0.25) is 0 Å². The highest BCUT2D eigenvalue weighted by molar-refractivity contribution is 5.96. The fourth-order valence-electron chi connectivity index (χ4n) is 2.36. The molecule has 0 spiro atoms. The molecule has 0 saturated heterocycles. The van der Waals surface area contributed by atoms with E-state index in [1.807, 2.05) is 0 Å². The third-order valence-corrected chi connectivity index (χ3v) is 3.79. The minimum atomic E-state index is -0.373. The van der Waals surface area contributed by atoms with Crippen LogP contribution in [-0.2, 0) is 9.53 Å². The van der Waals surface area contributed by atoms with Gasteiger partial charge in [0.1, 0.15) is 12.3 Å². The summed E-state index contributed by atoms with van der Waals surface area (Å²) in [4.78, 5) is 25.5. The first-order chi connectivity index (χ1) is 11.6. The fourth-order valence-corrected chi connectivity index (χ4v) is 2.36. The number of esters is 1. The Morgan fingerprint density at radius 2 is 1.79 bits per heavy atom. The number of carbonyl (C=O) groups excluding carboxylic acids is 2. The summed E-state index contributed by atoms with van der Waals surface area (Å²) in [5, 5.41) is 0. The quantitative estimate of drug-likeness (QED) is 0.457. The monoisotopic (exact) mass is 335 g/mol. The van der Waals surface area contributed by atoms with Crippen LogP contribution in [0.4, 0.5) is 0 Å². The van der Waals surface area contributed by atoms with Crippen molar-refractivity contribution in [2.45, 2.75) is 45.4 Å². The van der Waals surface area contributed by atoms with Gasteiger partial charge in [-0.2, -0.15) is 0 Å². The van der Waals surface area contributed by atoms with Gasteiger partial charge in [-0.05, 0) is 24.6 Å². The van der Waals surface area contributed by atoms with E-state index in [1.54, 1.807) is 38.4 Å². The number of amides is 1. The average molecular weight is 335 g/mol. The van der Waals surface area contributed by atoms with Crippen LogP contribution in [0, 0.1) is 0 Å². The van der Waals surface area contributed by atoms with Crippen molar-refractivity contribution in [1.29, 1.82) is 0 Å². The van der Waals surface area contributed by atoms with E-state index in [0.29, 0.717) is 17.9 Å². The molecule has 0 aliphatic carbocycles. The molecule has 0 bridgehead atoms. The molecule has 5 heteroatoms. The Labute approximate surface area is 144 Å². The second-order valence-electron chi connectivity index (χ2n) is 5.88. The number of likely N-dealkylation sites (N-methyl/N-ethyl adjacent to an activating group) is 1. The molecule has 5 nitrogen and oxygen atoms in total. The van der Waals surface area contributed by atoms with E-state index in [4.69, 9.17) is 9.47 Å². The molecule has 1 amide bonds. The first-order valence-electron chi connectivity index (χ1n) is 8.63. The standard InChI is InChI=1S/C19H29NO4/c1-4-5-6-7-8-9-13-24-18(21)15-20(2)19(22)16-11-10-12-17(14-16)23-3/h10-12,14H,4-9,13,15H2,1-3H3. The molecule has 0 N–H and O–H groups in total. The maximum Gasteiger partial charge on any atom is 0.325 e. The lowest BCUT2D eigenvalue weighted by Crippen LogP contribution is -2.33. The number of unbranched alkanes of at least 4 members (excludes halogenated alkanes) is 5. The third kappa shape index (κ3) is 7.49. The maximum absolute atomic E-state index is 12.3. The second kappa shape index (κ2) is 11.5. The van der Waals surface area contributed by atoms with E-state index < -0.39 is 0 Å². The number of hydrogen-bond donors (Lipinski definition) is 0. The zero-order valence-electron chi connectivity index (χ0n) is 15.0. The van der Waals surface area contributed by atoms with Gasteiger partial charge >= 0.3 is 5.97 Å². The summed E-state index contributed by atoms with van der Waals surface area (Å²) in [6, 6.07) is 6.87. The van der Waals surface area contributed by atoms with Gasteiger partial charge in [-0.1, -0.05) is 45.1 Å². The number of nitrogens with zero attached hydrogens (tertiary/aromatic N) is 1. The van der Waals surface area contributed by atoms with Gasteiger partial charge in [0.25, 0.3) is 5.91 Å². The highest BCUT2D eigenvalue weighted by atomic mass is 16.5. The number of methoxy groups -OCH3 is 1. The summed E-state index contributed by atoms with van der Waals surface area (Å²) in [7, 11) is 3.14. The first-order valence-corrected chi connectivity index (χ1v) is 8.63. The van der Waals surface area contributed by atoms with E-state index in [1.165, 1.54) is 30.6 Å². The van der Waals surface area contributed by atoms with Crippen LogP contribution in [-0.4, -0.2) is 44.1 Å². The van der Waals surface area contributed by atoms with Crippen LogP contribution in [0.3, 0.4) is 0 Å². The van der Waals surface area contributed by atoms with Crippen molar-refractivity contribution in [2.24, 2.45) is 0 Å². The summed E-state index contributed by atoms with van der Waals surface area (Å²) in [5.41, 5.74) is 0.487. The summed E-state index contributed by atoms with van der Waals surface area (Å²) >= 11 is 0. The normalized spacial score (nSPS) is 10.3. The van der Waals surface area contributed by atoms with E-state index >= 15 is 0 Å². The van der Waals surface area contributed by atoms with Crippen LogP contribution in [0.2, 0.25) is 0 Å². The van der Waals surface area contributed by atoms with Crippen LogP contribution >= 0.6 is 0 Å². The van der Waals surface area contributed by atoms with Crippen LogP contribution in [0.5, 0.6) is 5.75 Å². The molecule has 0 aromatic heterocycles. The molecule has 134 valence electrons. The van der Waals surface area contributed by atoms with Crippen molar-refractivity contribution in [1.82, 2.24) is 4.90 Å². The number of ether oxygens (including phenoxy) is 2. The Hall–Kier alpha value is -2.04. The minimum Gasteiger partial charge on any atom is -0.497 e. The SMILES string of the molecule is CCCCCCCCOC(=O)CN(C)C(=O)c1cccc(OC)c1. The van der Waals surface area contributed by atoms with Crippen molar-refractivity contribution in [3.63, 3.8) is 0 Å². The van der Waals surface area contributed by atoms with Crippen LogP contribution in [0.15, 0.2) is 24.3 Å². The topological polar surface area (TPSA) is 55.8 Å². The lowest BCUT2D eigenvalue weighted by atomic mass is 10.1. The van der Waals surface area contributed by atoms with E-state index in [0.717, 1.165) is 12.8 Å². The van der Waals surface area contributed by atoms with Crippen molar-refractivity contribution in [3.05, 3.63) is 29.8 Å². The number of hydrogen-bond acceptors (Lipinski definition) is 4. The summed E-state index contributed by atoms with van der Waals surface area (Å²) in [5.74, 6) is 0.00706. The van der Waals surface area contributed by atoms with Crippen molar-refractivity contribution >= 4 is 11.9 Å². The molecule has 1 aromatic carbocycles. The molecule has 0 atom stereocenters. The predicted molar refractivity (Wildman–Crippen MR) is 94.3 cm³/mol.